The van der Waals surface area contributed by atoms with Crippen molar-refractivity contribution in [2.24, 2.45) is 0 Å². The first-order chi connectivity index (χ1) is 13.7. The van der Waals surface area contributed by atoms with Gasteiger partial charge in [0.1, 0.15) is 5.76 Å². The molecule has 146 valence electrons. The number of nitrogens with zero attached hydrogens (tertiary/aromatic N) is 3. The molecule has 28 heavy (non-hydrogen) atoms. The van der Waals surface area contributed by atoms with Gasteiger partial charge in [0.05, 0.1) is 24.1 Å². The van der Waals surface area contributed by atoms with Crippen molar-refractivity contribution in [1.29, 1.82) is 0 Å². The standard InChI is InChI=1S/C21H24N4O2S/c1-15-18(11-12-27-15)20-23-24-21(25(20)13-16-7-3-2-4-8-16)28-14-19(26)22-17-9-5-6-10-17/h2-4,7-8,11-12,17H,5-6,9-10,13-14H2,1H3,(H,22,26). The maximum absolute atomic E-state index is 12.3. The van der Waals surface area contributed by atoms with Crippen LogP contribution < -0.4 is 5.32 Å². The number of aromatic nitrogens is 3. The molecule has 1 fully saturated rings. The lowest BCUT2D eigenvalue weighted by molar-refractivity contribution is -0.119. The van der Waals surface area contributed by atoms with Gasteiger partial charge in [-0.05, 0) is 31.4 Å². The minimum atomic E-state index is 0.0622. The molecule has 0 radical (unpaired) electrons. The summed E-state index contributed by atoms with van der Waals surface area (Å²) >= 11 is 1.43. The van der Waals surface area contributed by atoms with Crippen LogP contribution in [0.15, 0.2) is 52.2 Å². The summed E-state index contributed by atoms with van der Waals surface area (Å²) in [6, 6.07) is 12.4. The second-order valence-corrected chi connectivity index (χ2v) is 8.05. The summed E-state index contributed by atoms with van der Waals surface area (Å²) < 4.78 is 7.51. The summed E-state index contributed by atoms with van der Waals surface area (Å²) in [4.78, 5) is 12.3. The molecule has 3 aromatic rings. The van der Waals surface area contributed by atoms with Crippen molar-refractivity contribution in [3.05, 3.63) is 54.0 Å². The fraction of sp³-hybridized carbons (Fsp3) is 0.381. The van der Waals surface area contributed by atoms with Crippen LogP contribution in [-0.2, 0) is 11.3 Å². The number of carbonyl (C=O) groups excluding carboxylic acids is 1. The Morgan fingerprint density at radius 3 is 2.71 bits per heavy atom. The number of benzene rings is 1. The van der Waals surface area contributed by atoms with E-state index in [0.717, 1.165) is 40.7 Å². The summed E-state index contributed by atoms with van der Waals surface area (Å²) in [6.45, 7) is 2.55. The van der Waals surface area contributed by atoms with Gasteiger partial charge in [0.2, 0.25) is 5.91 Å². The molecule has 1 aliphatic carbocycles. The molecule has 1 saturated carbocycles. The summed E-state index contributed by atoms with van der Waals surface area (Å²) in [7, 11) is 0. The average molecular weight is 397 g/mol. The van der Waals surface area contributed by atoms with Crippen LogP contribution in [-0.4, -0.2) is 32.5 Å². The lowest BCUT2D eigenvalue weighted by Gasteiger charge is -2.12. The number of carbonyl (C=O) groups is 1. The number of furan rings is 1. The van der Waals surface area contributed by atoms with Gasteiger partial charge in [-0.1, -0.05) is 54.9 Å². The van der Waals surface area contributed by atoms with Gasteiger partial charge in [0.25, 0.3) is 0 Å². The van der Waals surface area contributed by atoms with Gasteiger partial charge in [0.15, 0.2) is 11.0 Å². The summed E-state index contributed by atoms with van der Waals surface area (Å²) in [5, 5.41) is 12.6. The summed E-state index contributed by atoms with van der Waals surface area (Å²) in [5.74, 6) is 1.96. The number of hydrogen-bond acceptors (Lipinski definition) is 5. The van der Waals surface area contributed by atoms with Crippen molar-refractivity contribution >= 4 is 17.7 Å². The molecule has 1 aromatic carbocycles. The van der Waals surface area contributed by atoms with Crippen LogP contribution in [0.5, 0.6) is 0 Å². The summed E-state index contributed by atoms with van der Waals surface area (Å²) in [5.41, 5.74) is 2.08. The van der Waals surface area contributed by atoms with Crippen molar-refractivity contribution < 1.29 is 9.21 Å². The number of aryl methyl sites for hydroxylation is 1. The lowest BCUT2D eigenvalue weighted by atomic mass is 10.2. The first-order valence-corrected chi connectivity index (χ1v) is 10.6. The van der Waals surface area contributed by atoms with E-state index in [1.54, 1.807) is 6.26 Å². The molecular weight excluding hydrogens is 372 g/mol. The Morgan fingerprint density at radius 1 is 1.21 bits per heavy atom. The molecule has 1 amide bonds. The zero-order valence-corrected chi connectivity index (χ0v) is 16.7. The average Bonchev–Trinajstić information content (AvgIpc) is 3.43. The second-order valence-electron chi connectivity index (χ2n) is 7.11. The van der Waals surface area contributed by atoms with E-state index in [1.807, 2.05) is 31.2 Å². The van der Waals surface area contributed by atoms with Crippen molar-refractivity contribution in [3.63, 3.8) is 0 Å². The molecule has 0 bridgehead atoms. The maximum atomic E-state index is 12.3. The van der Waals surface area contributed by atoms with E-state index in [4.69, 9.17) is 4.42 Å². The van der Waals surface area contributed by atoms with Gasteiger partial charge in [-0.3, -0.25) is 9.36 Å². The highest BCUT2D eigenvalue weighted by Gasteiger charge is 2.20. The largest absolute Gasteiger partial charge is 0.469 e. The zero-order valence-electron chi connectivity index (χ0n) is 15.9. The van der Waals surface area contributed by atoms with Crippen LogP contribution in [0.4, 0.5) is 0 Å². The quantitative estimate of drug-likeness (QED) is 0.610. The molecule has 0 spiro atoms. The molecule has 0 saturated heterocycles. The Labute approximate surface area is 168 Å². The Balaban J connectivity index is 1.53. The Kier molecular flexibility index (Phi) is 5.81. The predicted octanol–water partition coefficient (Wildman–Crippen LogP) is 4.05. The lowest BCUT2D eigenvalue weighted by Crippen LogP contribution is -2.33. The highest BCUT2D eigenvalue weighted by Crippen LogP contribution is 2.28. The molecule has 0 unspecified atom stereocenters. The topological polar surface area (TPSA) is 72.9 Å². The molecule has 0 aliphatic heterocycles. The first-order valence-electron chi connectivity index (χ1n) is 9.64. The maximum Gasteiger partial charge on any atom is 0.230 e. The van der Waals surface area contributed by atoms with E-state index in [-0.39, 0.29) is 5.91 Å². The van der Waals surface area contributed by atoms with Crippen molar-refractivity contribution in [3.8, 4) is 11.4 Å². The monoisotopic (exact) mass is 396 g/mol. The molecule has 7 heteroatoms. The first kappa shape index (κ1) is 18.8. The molecule has 1 N–H and O–H groups in total. The van der Waals surface area contributed by atoms with E-state index in [1.165, 1.54) is 24.6 Å². The SMILES string of the molecule is Cc1occc1-c1nnc(SCC(=O)NC2CCCC2)n1Cc1ccccc1. The molecule has 1 aliphatic rings. The van der Waals surface area contributed by atoms with Crippen LogP contribution in [0.1, 0.15) is 37.0 Å². The summed E-state index contributed by atoms with van der Waals surface area (Å²) in [6.07, 6.45) is 6.25. The normalized spacial score (nSPS) is 14.5. The number of amides is 1. The smallest absolute Gasteiger partial charge is 0.230 e. The van der Waals surface area contributed by atoms with E-state index in [2.05, 4.69) is 32.2 Å². The second kappa shape index (κ2) is 8.65. The third-order valence-electron chi connectivity index (χ3n) is 5.05. The number of rotatable bonds is 7. The van der Waals surface area contributed by atoms with Crippen LogP contribution in [0.25, 0.3) is 11.4 Å². The van der Waals surface area contributed by atoms with Gasteiger partial charge < -0.3 is 9.73 Å². The third-order valence-corrected chi connectivity index (χ3v) is 6.02. The van der Waals surface area contributed by atoms with E-state index < -0.39 is 0 Å². The fourth-order valence-corrected chi connectivity index (χ4v) is 4.34. The van der Waals surface area contributed by atoms with Gasteiger partial charge in [-0.2, -0.15) is 0 Å². The molecule has 2 heterocycles. The van der Waals surface area contributed by atoms with Crippen molar-refractivity contribution in [1.82, 2.24) is 20.1 Å². The van der Waals surface area contributed by atoms with Gasteiger partial charge in [-0.25, -0.2) is 0 Å². The highest BCUT2D eigenvalue weighted by atomic mass is 32.2. The zero-order chi connectivity index (χ0) is 19.3. The molecule has 4 rings (SSSR count). The number of hydrogen-bond donors (Lipinski definition) is 1. The fourth-order valence-electron chi connectivity index (χ4n) is 3.59. The van der Waals surface area contributed by atoms with Crippen LogP contribution >= 0.6 is 11.8 Å². The molecule has 6 nitrogen and oxygen atoms in total. The Hall–Kier alpha value is -2.54. The number of thioether (sulfide) groups is 1. The van der Waals surface area contributed by atoms with E-state index in [0.29, 0.717) is 18.3 Å². The van der Waals surface area contributed by atoms with Gasteiger partial charge in [0, 0.05) is 6.04 Å². The predicted molar refractivity (Wildman–Crippen MR) is 109 cm³/mol. The van der Waals surface area contributed by atoms with Crippen molar-refractivity contribution in [2.45, 2.75) is 50.4 Å². The van der Waals surface area contributed by atoms with E-state index in [9.17, 15) is 4.79 Å². The van der Waals surface area contributed by atoms with Crippen LogP contribution in [0.3, 0.4) is 0 Å². The molecule has 0 atom stereocenters. The van der Waals surface area contributed by atoms with Gasteiger partial charge >= 0.3 is 0 Å². The van der Waals surface area contributed by atoms with E-state index >= 15 is 0 Å². The third kappa shape index (κ3) is 4.30. The molecular formula is C21H24N4O2S. The Bertz CT molecular complexity index is 929. The van der Waals surface area contributed by atoms with Crippen LogP contribution in [0, 0.1) is 6.92 Å². The van der Waals surface area contributed by atoms with Gasteiger partial charge in [-0.15, -0.1) is 10.2 Å². The van der Waals surface area contributed by atoms with Crippen LogP contribution in [0.2, 0.25) is 0 Å². The Morgan fingerprint density at radius 2 is 2.00 bits per heavy atom. The molecule has 2 aromatic heterocycles. The van der Waals surface area contributed by atoms with Crippen molar-refractivity contribution in [2.75, 3.05) is 5.75 Å². The highest BCUT2D eigenvalue weighted by molar-refractivity contribution is 7.99. The minimum Gasteiger partial charge on any atom is -0.469 e. The minimum absolute atomic E-state index is 0.0622. The number of nitrogens with one attached hydrogen (secondary N) is 1.